The number of aromatic nitrogens is 1. The molecule has 3 heteroatoms. The minimum absolute atomic E-state index is 0.670. The average molecular weight is 430 g/mol. The summed E-state index contributed by atoms with van der Waals surface area (Å²) >= 11 is 0. The summed E-state index contributed by atoms with van der Waals surface area (Å²) in [4.78, 5) is 0. The highest BCUT2D eigenvalue weighted by Crippen LogP contribution is 2.43. The Morgan fingerprint density at radius 2 is 1.64 bits per heavy atom. The normalized spacial score (nSPS) is 13.2. The van der Waals surface area contributed by atoms with Gasteiger partial charge in [0, 0.05) is 28.5 Å². The molecule has 0 bridgehead atoms. The molecule has 0 spiro atoms. The van der Waals surface area contributed by atoms with E-state index in [1.807, 2.05) is 18.2 Å². The Morgan fingerprint density at radius 1 is 0.848 bits per heavy atom. The van der Waals surface area contributed by atoms with Gasteiger partial charge in [-0.05, 0) is 73.1 Å². The van der Waals surface area contributed by atoms with E-state index in [0.29, 0.717) is 5.56 Å². The zero-order valence-electron chi connectivity index (χ0n) is 19.0. The maximum absolute atomic E-state index is 10.0. The standard InChI is InChI=1S/C30H25N2O/c1-19-13-15-24-25-16-14-21(18-31)28(23-11-7-9-20-8-3-4-10-22(20)23)30(25)33-29(24)27(19)26-12-5-6-17-32(26)2/h5-7,9,11-17H,3-4,8,10H2,1-2H3/q+1. The summed E-state index contributed by atoms with van der Waals surface area (Å²) in [5.41, 5.74) is 10.6. The van der Waals surface area contributed by atoms with Crippen LogP contribution in [0.2, 0.25) is 0 Å². The van der Waals surface area contributed by atoms with Crippen LogP contribution in [0.15, 0.2) is 71.3 Å². The predicted molar refractivity (Wildman–Crippen MR) is 132 cm³/mol. The van der Waals surface area contributed by atoms with E-state index in [9.17, 15) is 5.26 Å². The average Bonchev–Trinajstić information content (AvgIpc) is 3.22. The van der Waals surface area contributed by atoms with Crippen molar-refractivity contribution in [1.29, 1.82) is 5.26 Å². The minimum atomic E-state index is 0.670. The zero-order chi connectivity index (χ0) is 22.5. The fourth-order valence-electron chi connectivity index (χ4n) is 5.48. The molecular formula is C30H25N2O+. The molecule has 0 aliphatic heterocycles. The van der Waals surface area contributed by atoms with Crippen molar-refractivity contribution in [2.24, 2.45) is 7.05 Å². The van der Waals surface area contributed by atoms with Gasteiger partial charge in [0.05, 0.1) is 17.2 Å². The molecule has 0 N–H and O–H groups in total. The maximum atomic E-state index is 10.0. The minimum Gasteiger partial charge on any atom is -0.454 e. The second kappa shape index (κ2) is 7.60. The van der Waals surface area contributed by atoms with E-state index in [0.717, 1.165) is 57.2 Å². The molecule has 1 aliphatic rings. The molecule has 3 aromatic carbocycles. The van der Waals surface area contributed by atoms with Gasteiger partial charge in [-0.1, -0.05) is 30.3 Å². The zero-order valence-corrected chi connectivity index (χ0v) is 19.0. The lowest BCUT2D eigenvalue weighted by molar-refractivity contribution is -0.660. The monoisotopic (exact) mass is 429 g/mol. The Balaban J connectivity index is 1.73. The number of aryl methyl sites for hydroxylation is 3. The van der Waals surface area contributed by atoms with Gasteiger partial charge in [-0.3, -0.25) is 0 Å². The molecule has 3 nitrogen and oxygen atoms in total. The van der Waals surface area contributed by atoms with Crippen LogP contribution >= 0.6 is 0 Å². The van der Waals surface area contributed by atoms with E-state index in [4.69, 9.17) is 4.42 Å². The molecule has 1 aliphatic carbocycles. The molecule has 160 valence electrons. The van der Waals surface area contributed by atoms with Crippen molar-refractivity contribution in [1.82, 2.24) is 0 Å². The molecule has 2 heterocycles. The molecule has 0 unspecified atom stereocenters. The Hall–Kier alpha value is -3.90. The molecule has 33 heavy (non-hydrogen) atoms. The third-order valence-corrected chi connectivity index (χ3v) is 7.11. The van der Waals surface area contributed by atoms with Crippen LogP contribution in [-0.4, -0.2) is 0 Å². The van der Waals surface area contributed by atoms with Crippen LogP contribution in [0.1, 0.15) is 35.1 Å². The number of hydrogen-bond donors (Lipinski definition) is 0. The lowest BCUT2D eigenvalue weighted by Crippen LogP contribution is -2.30. The second-order valence-corrected chi connectivity index (χ2v) is 9.06. The quantitative estimate of drug-likeness (QED) is 0.289. The Kier molecular flexibility index (Phi) is 4.55. The molecule has 6 rings (SSSR count). The first-order chi connectivity index (χ1) is 16.2. The van der Waals surface area contributed by atoms with Gasteiger partial charge < -0.3 is 4.42 Å². The third-order valence-electron chi connectivity index (χ3n) is 7.11. The van der Waals surface area contributed by atoms with E-state index in [2.05, 4.69) is 73.3 Å². The van der Waals surface area contributed by atoms with Crippen LogP contribution in [0.4, 0.5) is 0 Å². The lowest BCUT2D eigenvalue weighted by atomic mass is 9.84. The predicted octanol–water partition coefficient (Wildman–Crippen LogP) is 6.80. The van der Waals surface area contributed by atoms with Gasteiger partial charge in [-0.15, -0.1) is 0 Å². The van der Waals surface area contributed by atoms with Crippen LogP contribution in [0, 0.1) is 18.3 Å². The summed E-state index contributed by atoms with van der Waals surface area (Å²) < 4.78 is 8.86. The van der Waals surface area contributed by atoms with E-state index in [-0.39, 0.29) is 0 Å². The molecular weight excluding hydrogens is 404 g/mol. The van der Waals surface area contributed by atoms with Crippen molar-refractivity contribution in [3.05, 3.63) is 89.1 Å². The van der Waals surface area contributed by atoms with Crippen molar-refractivity contribution in [2.75, 3.05) is 0 Å². The molecule has 0 atom stereocenters. The van der Waals surface area contributed by atoms with Gasteiger partial charge in [0.25, 0.3) is 0 Å². The maximum Gasteiger partial charge on any atom is 0.216 e. The number of furan rings is 1. The highest BCUT2D eigenvalue weighted by molar-refractivity contribution is 6.14. The number of nitriles is 1. The largest absolute Gasteiger partial charge is 0.454 e. The highest BCUT2D eigenvalue weighted by Gasteiger charge is 2.24. The van der Waals surface area contributed by atoms with Crippen molar-refractivity contribution in [2.45, 2.75) is 32.6 Å². The lowest BCUT2D eigenvalue weighted by Gasteiger charge is -2.20. The number of nitrogens with zero attached hydrogens (tertiary/aromatic N) is 2. The molecule has 0 saturated heterocycles. The van der Waals surface area contributed by atoms with Gasteiger partial charge in [0.1, 0.15) is 18.2 Å². The molecule has 5 aromatic rings. The second-order valence-electron chi connectivity index (χ2n) is 9.06. The van der Waals surface area contributed by atoms with Gasteiger partial charge in [0.15, 0.2) is 6.20 Å². The van der Waals surface area contributed by atoms with Gasteiger partial charge >= 0.3 is 0 Å². The van der Waals surface area contributed by atoms with Crippen molar-refractivity contribution < 1.29 is 8.98 Å². The Labute approximate surface area is 193 Å². The van der Waals surface area contributed by atoms with Gasteiger partial charge in [0.2, 0.25) is 5.69 Å². The van der Waals surface area contributed by atoms with Crippen LogP contribution in [-0.2, 0) is 19.9 Å². The fraction of sp³-hybridized carbons (Fsp3) is 0.200. The first kappa shape index (κ1) is 19.8. The van der Waals surface area contributed by atoms with E-state index < -0.39 is 0 Å². The van der Waals surface area contributed by atoms with Gasteiger partial charge in [-0.2, -0.15) is 5.26 Å². The third kappa shape index (κ3) is 2.98. The Bertz CT molecular complexity index is 1600. The molecule has 0 fully saturated rings. The van der Waals surface area contributed by atoms with E-state index in [1.54, 1.807) is 0 Å². The van der Waals surface area contributed by atoms with Crippen LogP contribution < -0.4 is 4.57 Å². The summed E-state index contributed by atoms with van der Waals surface area (Å²) in [6.07, 6.45) is 6.64. The first-order valence-corrected chi connectivity index (χ1v) is 11.6. The summed E-state index contributed by atoms with van der Waals surface area (Å²) in [7, 11) is 2.06. The van der Waals surface area contributed by atoms with Crippen LogP contribution in [0.25, 0.3) is 44.3 Å². The van der Waals surface area contributed by atoms with Crippen molar-refractivity contribution in [3.63, 3.8) is 0 Å². The molecule has 0 radical (unpaired) electrons. The summed E-state index contributed by atoms with van der Waals surface area (Å²) in [6, 6.07) is 23.5. The van der Waals surface area contributed by atoms with E-state index in [1.165, 1.54) is 29.5 Å². The molecule has 0 saturated carbocycles. The van der Waals surface area contributed by atoms with E-state index >= 15 is 0 Å². The number of rotatable bonds is 2. The first-order valence-electron chi connectivity index (χ1n) is 11.6. The van der Waals surface area contributed by atoms with Gasteiger partial charge in [-0.25, -0.2) is 4.57 Å². The van der Waals surface area contributed by atoms with Crippen LogP contribution in [0.3, 0.4) is 0 Å². The number of benzene rings is 3. The van der Waals surface area contributed by atoms with Crippen molar-refractivity contribution >= 4 is 21.9 Å². The molecule has 2 aromatic heterocycles. The molecule has 0 amide bonds. The summed E-state index contributed by atoms with van der Waals surface area (Å²) in [5.74, 6) is 0. The van der Waals surface area contributed by atoms with Crippen molar-refractivity contribution in [3.8, 4) is 28.5 Å². The number of fused-ring (bicyclic) bond motifs is 4. The highest BCUT2D eigenvalue weighted by atomic mass is 16.3. The number of hydrogen-bond acceptors (Lipinski definition) is 2. The fourth-order valence-corrected chi connectivity index (χ4v) is 5.48. The summed E-state index contributed by atoms with van der Waals surface area (Å²) in [5, 5.41) is 12.2. The summed E-state index contributed by atoms with van der Waals surface area (Å²) in [6.45, 7) is 2.13. The smallest absolute Gasteiger partial charge is 0.216 e. The number of pyridine rings is 1. The SMILES string of the molecule is Cc1ccc2c(oc3c(-c4cccc5c4CCCC5)c(C#N)ccc32)c1-c1cccc[n+]1C. The Morgan fingerprint density at radius 3 is 2.45 bits per heavy atom. The topological polar surface area (TPSA) is 40.8 Å². The van der Waals surface area contributed by atoms with Crippen LogP contribution in [0.5, 0.6) is 0 Å².